The molecule has 0 saturated carbocycles. The van der Waals surface area contributed by atoms with Gasteiger partial charge in [0.05, 0.1) is 13.2 Å². The molecular formula is C11H24O2Si. The van der Waals surface area contributed by atoms with Crippen molar-refractivity contribution in [2.24, 2.45) is 0 Å². The molecule has 1 rings (SSSR count). The summed E-state index contributed by atoms with van der Waals surface area (Å²) in [7, 11) is -1.57. The van der Waals surface area contributed by atoms with E-state index in [0.29, 0.717) is 5.04 Å². The maximum Gasteiger partial charge on any atom is 0.192 e. The SMILES string of the molecule is CC[C@]1(CO[Si](C)(C)C(C)(C)C)CO1. The first kappa shape index (κ1) is 12.2. The van der Waals surface area contributed by atoms with Gasteiger partial charge < -0.3 is 9.16 Å². The van der Waals surface area contributed by atoms with Gasteiger partial charge in [-0.3, -0.25) is 0 Å². The maximum atomic E-state index is 6.13. The first-order chi connectivity index (χ1) is 6.22. The van der Waals surface area contributed by atoms with Crippen molar-refractivity contribution >= 4 is 8.32 Å². The Labute approximate surface area is 89.1 Å². The number of epoxide rings is 1. The molecule has 0 aromatic heterocycles. The van der Waals surface area contributed by atoms with E-state index in [1.54, 1.807) is 0 Å². The van der Waals surface area contributed by atoms with Gasteiger partial charge in [-0.25, -0.2) is 0 Å². The highest BCUT2D eigenvalue weighted by molar-refractivity contribution is 6.74. The highest BCUT2D eigenvalue weighted by Crippen LogP contribution is 2.39. The fourth-order valence-corrected chi connectivity index (χ4v) is 2.08. The molecule has 1 saturated heterocycles. The number of ether oxygens (including phenoxy) is 1. The smallest absolute Gasteiger partial charge is 0.192 e. The van der Waals surface area contributed by atoms with Crippen molar-refractivity contribution in [3.63, 3.8) is 0 Å². The maximum absolute atomic E-state index is 6.13. The zero-order valence-corrected chi connectivity index (χ0v) is 11.4. The van der Waals surface area contributed by atoms with Crippen LogP contribution < -0.4 is 0 Å². The average Bonchev–Trinajstić information content (AvgIpc) is 2.80. The Morgan fingerprint density at radius 2 is 1.86 bits per heavy atom. The standard InChI is InChI=1S/C11H24O2Si/c1-7-11(8-12-11)9-13-14(5,6)10(2,3)4/h7-9H2,1-6H3/t11-/m1/s1. The van der Waals surface area contributed by atoms with Gasteiger partial charge in [0.1, 0.15) is 5.60 Å². The molecule has 1 aliphatic rings. The molecule has 0 spiro atoms. The largest absolute Gasteiger partial charge is 0.414 e. The van der Waals surface area contributed by atoms with Crippen LogP contribution in [-0.4, -0.2) is 27.1 Å². The molecule has 0 aliphatic carbocycles. The second-order valence-corrected chi connectivity index (χ2v) is 10.7. The van der Waals surface area contributed by atoms with E-state index < -0.39 is 8.32 Å². The van der Waals surface area contributed by atoms with Gasteiger partial charge in [-0.15, -0.1) is 0 Å². The summed E-state index contributed by atoms with van der Waals surface area (Å²) in [5.74, 6) is 0. The normalized spacial score (nSPS) is 27.9. The van der Waals surface area contributed by atoms with Crippen LogP contribution in [0.1, 0.15) is 34.1 Å². The second-order valence-electron chi connectivity index (χ2n) is 5.87. The van der Waals surface area contributed by atoms with Crippen molar-refractivity contribution in [1.29, 1.82) is 0 Å². The Morgan fingerprint density at radius 3 is 2.14 bits per heavy atom. The van der Waals surface area contributed by atoms with Crippen molar-refractivity contribution < 1.29 is 9.16 Å². The van der Waals surface area contributed by atoms with Gasteiger partial charge in [0.25, 0.3) is 0 Å². The van der Waals surface area contributed by atoms with Gasteiger partial charge in [-0.05, 0) is 24.6 Å². The quantitative estimate of drug-likeness (QED) is 0.532. The Balaban J connectivity index is 2.44. The van der Waals surface area contributed by atoms with Crippen LogP contribution in [0.3, 0.4) is 0 Å². The van der Waals surface area contributed by atoms with Gasteiger partial charge >= 0.3 is 0 Å². The molecule has 0 aromatic carbocycles. The molecule has 0 radical (unpaired) electrons. The molecule has 1 aliphatic heterocycles. The summed E-state index contributed by atoms with van der Waals surface area (Å²) in [4.78, 5) is 0. The van der Waals surface area contributed by atoms with Crippen LogP contribution in [0.4, 0.5) is 0 Å². The lowest BCUT2D eigenvalue weighted by atomic mass is 10.1. The highest BCUT2D eigenvalue weighted by atomic mass is 28.4. The average molecular weight is 216 g/mol. The third-order valence-electron chi connectivity index (χ3n) is 3.70. The summed E-state index contributed by atoms with van der Waals surface area (Å²) in [5.41, 5.74) is 0.0789. The van der Waals surface area contributed by atoms with Crippen LogP contribution in [0.15, 0.2) is 0 Å². The summed E-state index contributed by atoms with van der Waals surface area (Å²) in [6.07, 6.45) is 1.07. The lowest BCUT2D eigenvalue weighted by Gasteiger charge is -2.36. The molecule has 2 nitrogen and oxygen atoms in total. The van der Waals surface area contributed by atoms with Crippen LogP contribution in [0.25, 0.3) is 0 Å². The molecule has 0 aromatic rings. The summed E-state index contributed by atoms with van der Waals surface area (Å²) in [6.45, 7) is 15.2. The molecule has 14 heavy (non-hydrogen) atoms. The molecule has 84 valence electrons. The Hall–Kier alpha value is 0.137. The summed E-state index contributed by atoms with van der Waals surface area (Å²) < 4.78 is 11.6. The molecular weight excluding hydrogens is 192 g/mol. The minimum absolute atomic E-state index is 0.0789. The van der Waals surface area contributed by atoms with E-state index in [1.165, 1.54) is 0 Å². The van der Waals surface area contributed by atoms with Gasteiger partial charge in [0, 0.05) is 0 Å². The highest BCUT2D eigenvalue weighted by Gasteiger charge is 2.46. The summed E-state index contributed by atoms with van der Waals surface area (Å²) in [6, 6.07) is 0. The zero-order chi connectivity index (χ0) is 11.0. The monoisotopic (exact) mass is 216 g/mol. The van der Waals surface area contributed by atoms with Crippen molar-refractivity contribution in [3.05, 3.63) is 0 Å². The van der Waals surface area contributed by atoms with Crippen LogP contribution >= 0.6 is 0 Å². The third kappa shape index (κ3) is 2.58. The van der Waals surface area contributed by atoms with Crippen molar-refractivity contribution in [2.45, 2.75) is 57.8 Å². The van der Waals surface area contributed by atoms with E-state index in [2.05, 4.69) is 40.8 Å². The number of hydrogen-bond acceptors (Lipinski definition) is 2. The predicted molar refractivity (Wildman–Crippen MR) is 62.1 cm³/mol. The van der Waals surface area contributed by atoms with E-state index in [-0.39, 0.29) is 5.60 Å². The van der Waals surface area contributed by atoms with Crippen molar-refractivity contribution in [2.75, 3.05) is 13.2 Å². The number of hydrogen-bond donors (Lipinski definition) is 0. The first-order valence-corrected chi connectivity index (χ1v) is 8.41. The van der Waals surface area contributed by atoms with E-state index in [4.69, 9.17) is 9.16 Å². The molecule has 1 fully saturated rings. The van der Waals surface area contributed by atoms with Crippen LogP contribution in [0.2, 0.25) is 18.1 Å². The molecule has 0 amide bonds. The predicted octanol–water partition coefficient (Wildman–Crippen LogP) is 3.19. The van der Waals surface area contributed by atoms with E-state index in [0.717, 1.165) is 19.6 Å². The number of rotatable bonds is 4. The third-order valence-corrected chi connectivity index (χ3v) is 8.18. The van der Waals surface area contributed by atoms with Gasteiger partial charge in [-0.1, -0.05) is 27.7 Å². The molecule has 0 N–H and O–H groups in total. The van der Waals surface area contributed by atoms with E-state index >= 15 is 0 Å². The fourth-order valence-electron chi connectivity index (χ4n) is 1.02. The van der Waals surface area contributed by atoms with Gasteiger partial charge in [0.15, 0.2) is 8.32 Å². The van der Waals surface area contributed by atoms with E-state index in [9.17, 15) is 0 Å². The molecule has 3 heteroatoms. The minimum atomic E-state index is -1.57. The summed E-state index contributed by atoms with van der Waals surface area (Å²) >= 11 is 0. The molecule has 1 heterocycles. The topological polar surface area (TPSA) is 21.8 Å². The Morgan fingerprint density at radius 1 is 1.36 bits per heavy atom. The lowest BCUT2D eigenvalue weighted by molar-refractivity contribution is 0.172. The van der Waals surface area contributed by atoms with Crippen LogP contribution in [0.5, 0.6) is 0 Å². The molecule has 0 unspecified atom stereocenters. The van der Waals surface area contributed by atoms with E-state index in [1.807, 2.05) is 0 Å². The minimum Gasteiger partial charge on any atom is -0.414 e. The summed E-state index contributed by atoms with van der Waals surface area (Å²) in [5, 5.41) is 0.302. The van der Waals surface area contributed by atoms with Crippen LogP contribution in [0, 0.1) is 0 Å². The van der Waals surface area contributed by atoms with Gasteiger partial charge in [-0.2, -0.15) is 0 Å². The fraction of sp³-hybridized carbons (Fsp3) is 1.00. The second kappa shape index (κ2) is 3.61. The van der Waals surface area contributed by atoms with Gasteiger partial charge in [0.2, 0.25) is 0 Å². The zero-order valence-electron chi connectivity index (χ0n) is 10.4. The Bertz CT molecular complexity index is 202. The Kier molecular flexibility index (Phi) is 3.15. The first-order valence-electron chi connectivity index (χ1n) is 5.50. The van der Waals surface area contributed by atoms with Crippen molar-refractivity contribution in [1.82, 2.24) is 0 Å². The lowest BCUT2D eigenvalue weighted by Crippen LogP contribution is -2.43. The van der Waals surface area contributed by atoms with Crippen LogP contribution in [-0.2, 0) is 9.16 Å². The molecule has 0 bridgehead atoms. The molecule has 1 atom stereocenters. The van der Waals surface area contributed by atoms with Crippen molar-refractivity contribution in [3.8, 4) is 0 Å².